The lowest BCUT2D eigenvalue weighted by Gasteiger charge is -1.89. The molecule has 3 nitrogen and oxygen atoms in total. The normalized spacial score (nSPS) is 10.9. The average molecular weight is 258 g/mol. The van der Waals surface area contributed by atoms with Crippen molar-refractivity contribution in [2.24, 2.45) is 0 Å². The Labute approximate surface area is 87.1 Å². The van der Waals surface area contributed by atoms with Crippen LogP contribution in [0, 0.1) is 11.3 Å². The van der Waals surface area contributed by atoms with E-state index in [-0.39, 0.29) is 5.57 Å². The van der Waals surface area contributed by atoms with Gasteiger partial charge in [-0.15, -0.1) is 11.3 Å². The number of aliphatic carboxylic acids is 1. The Morgan fingerprint density at radius 2 is 2.46 bits per heavy atom. The van der Waals surface area contributed by atoms with Gasteiger partial charge in [0.25, 0.3) is 0 Å². The van der Waals surface area contributed by atoms with Crippen LogP contribution in [0.4, 0.5) is 0 Å². The van der Waals surface area contributed by atoms with E-state index in [1.54, 1.807) is 11.4 Å². The van der Waals surface area contributed by atoms with Gasteiger partial charge in [-0.3, -0.25) is 0 Å². The fourth-order valence-corrected chi connectivity index (χ4v) is 2.13. The molecule has 1 N–H and O–H groups in total. The first kappa shape index (κ1) is 9.96. The molecular weight excluding hydrogens is 254 g/mol. The minimum Gasteiger partial charge on any atom is -0.478 e. The van der Waals surface area contributed by atoms with Gasteiger partial charge in [-0.2, -0.15) is 5.26 Å². The SMILES string of the molecule is N#CC(=CC(=O)O)c1cc(Br)cs1. The van der Waals surface area contributed by atoms with Gasteiger partial charge >= 0.3 is 5.97 Å². The number of hydrogen-bond donors (Lipinski definition) is 1. The molecule has 0 fully saturated rings. The zero-order chi connectivity index (χ0) is 9.84. The lowest BCUT2D eigenvalue weighted by Crippen LogP contribution is -1.89. The second-order valence-electron chi connectivity index (χ2n) is 2.14. The van der Waals surface area contributed by atoms with Crippen LogP contribution in [0.2, 0.25) is 0 Å². The van der Waals surface area contributed by atoms with Crippen molar-refractivity contribution in [1.29, 1.82) is 5.26 Å². The number of allylic oxidation sites excluding steroid dienone is 1. The third-order valence-corrected chi connectivity index (χ3v) is 2.95. The first-order chi connectivity index (χ1) is 6.13. The Morgan fingerprint density at radius 3 is 2.85 bits per heavy atom. The number of thiophene rings is 1. The molecule has 0 spiro atoms. The Morgan fingerprint density at radius 1 is 1.77 bits per heavy atom. The molecule has 0 unspecified atom stereocenters. The molecule has 66 valence electrons. The van der Waals surface area contributed by atoms with Gasteiger partial charge in [0, 0.05) is 20.8 Å². The molecule has 0 bridgehead atoms. The van der Waals surface area contributed by atoms with Gasteiger partial charge in [-0.25, -0.2) is 4.79 Å². The number of carbonyl (C=O) groups is 1. The van der Waals surface area contributed by atoms with E-state index in [0.29, 0.717) is 4.88 Å². The molecule has 0 aliphatic heterocycles. The van der Waals surface area contributed by atoms with Crippen molar-refractivity contribution in [3.05, 3.63) is 26.9 Å². The van der Waals surface area contributed by atoms with Crippen molar-refractivity contribution >= 4 is 38.8 Å². The van der Waals surface area contributed by atoms with Crippen molar-refractivity contribution in [3.8, 4) is 6.07 Å². The summed E-state index contributed by atoms with van der Waals surface area (Å²) in [5, 5.41) is 18.9. The highest BCUT2D eigenvalue weighted by molar-refractivity contribution is 9.10. The number of carboxylic acids is 1. The van der Waals surface area contributed by atoms with E-state index in [1.165, 1.54) is 11.3 Å². The van der Waals surface area contributed by atoms with Crippen molar-refractivity contribution < 1.29 is 9.90 Å². The molecule has 1 aromatic heterocycles. The van der Waals surface area contributed by atoms with Crippen LogP contribution in [-0.4, -0.2) is 11.1 Å². The van der Waals surface area contributed by atoms with Crippen LogP contribution >= 0.6 is 27.3 Å². The minimum atomic E-state index is -1.11. The van der Waals surface area contributed by atoms with E-state index in [4.69, 9.17) is 10.4 Å². The number of halogens is 1. The largest absolute Gasteiger partial charge is 0.478 e. The summed E-state index contributed by atoms with van der Waals surface area (Å²) in [5.41, 5.74) is 0.170. The van der Waals surface area contributed by atoms with E-state index in [1.807, 2.05) is 6.07 Å². The summed E-state index contributed by atoms with van der Waals surface area (Å²) < 4.78 is 0.846. The number of rotatable bonds is 2. The molecular formula is C8H4BrNO2S. The maximum atomic E-state index is 10.3. The maximum absolute atomic E-state index is 10.3. The fourth-order valence-electron chi connectivity index (χ4n) is 0.736. The zero-order valence-corrected chi connectivity index (χ0v) is 8.72. The molecule has 0 radical (unpaired) electrons. The molecule has 0 aliphatic carbocycles. The van der Waals surface area contributed by atoms with Crippen molar-refractivity contribution in [2.75, 3.05) is 0 Å². The Balaban J connectivity index is 3.06. The number of carboxylic acid groups (broad SMARTS) is 1. The molecule has 5 heteroatoms. The third kappa shape index (κ3) is 2.68. The van der Waals surface area contributed by atoms with Crippen LogP contribution in [0.3, 0.4) is 0 Å². The molecule has 0 aliphatic rings. The van der Waals surface area contributed by atoms with Gasteiger partial charge in [0.2, 0.25) is 0 Å². The molecule has 0 saturated heterocycles. The summed E-state index contributed by atoms with van der Waals surface area (Å²) in [6.45, 7) is 0. The van der Waals surface area contributed by atoms with Crippen LogP contribution in [0.25, 0.3) is 5.57 Å². The average Bonchev–Trinajstić information content (AvgIpc) is 2.47. The topological polar surface area (TPSA) is 61.1 Å². The van der Waals surface area contributed by atoms with Gasteiger partial charge in [0.05, 0.1) is 5.57 Å². The number of nitriles is 1. The van der Waals surface area contributed by atoms with Gasteiger partial charge in [-0.1, -0.05) is 0 Å². The highest BCUT2D eigenvalue weighted by Gasteiger charge is 2.05. The first-order valence-electron chi connectivity index (χ1n) is 3.22. The smallest absolute Gasteiger partial charge is 0.329 e. The summed E-state index contributed by atoms with van der Waals surface area (Å²) >= 11 is 4.55. The van der Waals surface area contributed by atoms with Crippen LogP contribution < -0.4 is 0 Å². The minimum absolute atomic E-state index is 0.170. The van der Waals surface area contributed by atoms with E-state index < -0.39 is 5.97 Å². The van der Waals surface area contributed by atoms with E-state index in [2.05, 4.69) is 15.9 Å². The summed E-state index contributed by atoms with van der Waals surface area (Å²) in [5.74, 6) is -1.11. The highest BCUT2D eigenvalue weighted by atomic mass is 79.9. The van der Waals surface area contributed by atoms with Gasteiger partial charge < -0.3 is 5.11 Å². The Hall–Kier alpha value is -1.12. The van der Waals surface area contributed by atoms with Crippen LogP contribution in [0.5, 0.6) is 0 Å². The molecule has 1 aromatic rings. The van der Waals surface area contributed by atoms with Crippen LogP contribution in [0.1, 0.15) is 4.88 Å². The van der Waals surface area contributed by atoms with Gasteiger partial charge in [0.15, 0.2) is 0 Å². The number of nitrogens with zero attached hydrogens (tertiary/aromatic N) is 1. The molecule has 0 aromatic carbocycles. The molecule has 13 heavy (non-hydrogen) atoms. The van der Waals surface area contributed by atoms with Crippen molar-refractivity contribution in [3.63, 3.8) is 0 Å². The van der Waals surface area contributed by atoms with Crippen molar-refractivity contribution in [2.45, 2.75) is 0 Å². The molecule has 0 atom stereocenters. The summed E-state index contributed by atoms with van der Waals surface area (Å²) in [6, 6.07) is 3.54. The first-order valence-corrected chi connectivity index (χ1v) is 4.90. The third-order valence-electron chi connectivity index (χ3n) is 1.22. The summed E-state index contributed by atoms with van der Waals surface area (Å²) in [4.78, 5) is 11.0. The molecule has 1 heterocycles. The predicted octanol–water partition coefficient (Wildman–Crippen LogP) is 2.50. The van der Waals surface area contributed by atoms with E-state index in [9.17, 15) is 4.79 Å². The quantitative estimate of drug-likeness (QED) is 0.654. The second-order valence-corrected chi connectivity index (χ2v) is 3.96. The zero-order valence-electron chi connectivity index (χ0n) is 6.32. The summed E-state index contributed by atoms with van der Waals surface area (Å²) in [6.07, 6.45) is 0.901. The monoisotopic (exact) mass is 257 g/mol. The lowest BCUT2D eigenvalue weighted by atomic mass is 10.2. The molecule has 0 saturated carbocycles. The fraction of sp³-hybridized carbons (Fsp3) is 0. The van der Waals surface area contributed by atoms with Crippen molar-refractivity contribution in [1.82, 2.24) is 0 Å². The molecule has 0 amide bonds. The molecule has 1 rings (SSSR count). The van der Waals surface area contributed by atoms with Crippen LogP contribution in [-0.2, 0) is 4.79 Å². The lowest BCUT2D eigenvalue weighted by molar-refractivity contribution is -0.131. The predicted molar refractivity (Wildman–Crippen MR) is 53.2 cm³/mol. The standard InChI is InChI=1S/C8H4BrNO2S/c9-6-2-7(13-4-6)5(3-10)1-8(11)12/h1-2,4H,(H,11,12). The van der Waals surface area contributed by atoms with E-state index in [0.717, 1.165) is 10.5 Å². The summed E-state index contributed by atoms with van der Waals surface area (Å²) in [7, 11) is 0. The highest BCUT2D eigenvalue weighted by Crippen LogP contribution is 2.25. The number of hydrogen-bond acceptors (Lipinski definition) is 3. The van der Waals surface area contributed by atoms with E-state index >= 15 is 0 Å². The van der Waals surface area contributed by atoms with Gasteiger partial charge in [-0.05, 0) is 22.0 Å². The maximum Gasteiger partial charge on any atom is 0.329 e. The van der Waals surface area contributed by atoms with Gasteiger partial charge in [0.1, 0.15) is 6.07 Å². The van der Waals surface area contributed by atoms with Crippen LogP contribution in [0.15, 0.2) is 22.0 Å². The Kier molecular flexibility index (Phi) is 3.23. The second kappa shape index (κ2) is 4.21. The Bertz CT molecular complexity index is 403.